The first kappa shape index (κ1) is 18.5. The van der Waals surface area contributed by atoms with Crippen LogP contribution in [-0.2, 0) is 6.42 Å². The molecule has 1 atom stereocenters. The summed E-state index contributed by atoms with van der Waals surface area (Å²) in [5.74, 6) is 1.21. The number of fused-ring (bicyclic) bond motifs is 1. The van der Waals surface area contributed by atoms with Gasteiger partial charge in [-0.15, -0.1) is 0 Å². The van der Waals surface area contributed by atoms with E-state index in [0.717, 1.165) is 24.2 Å². The van der Waals surface area contributed by atoms with Gasteiger partial charge >= 0.3 is 0 Å². The number of benzene rings is 2. The highest BCUT2D eigenvalue weighted by atomic mass is 32.1. The van der Waals surface area contributed by atoms with Gasteiger partial charge in [0.2, 0.25) is 0 Å². The molecule has 7 heteroatoms. The molecular weight excluding hydrogens is 376 g/mol. The van der Waals surface area contributed by atoms with Crippen LogP contribution in [0.2, 0.25) is 0 Å². The summed E-state index contributed by atoms with van der Waals surface area (Å²) in [4.78, 5) is 16.1. The Hall–Kier alpha value is -2.90. The number of nitrogens with one attached hydrogen (secondary N) is 1. The second-order valence-corrected chi connectivity index (χ2v) is 7.23. The van der Waals surface area contributed by atoms with Gasteiger partial charge in [0.15, 0.2) is 0 Å². The third kappa shape index (κ3) is 4.16. The Balaban J connectivity index is 1.43. The van der Waals surface area contributed by atoms with Gasteiger partial charge in [0.25, 0.3) is 11.1 Å². The molecule has 2 N–H and O–H groups in total. The van der Waals surface area contributed by atoms with Crippen molar-refractivity contribution in [3.05, 3.63) is 70.7 Å². The van der Waals surface area contributed by atoms with Crippen molar-refractivity contribution in [3.8, 4) is 16.7 Å². The lowest BCUT2D eigenvalue weighted by Crippen LogP contribution is -2.26. The molecule has 0 aliphatic carbocycles. The number of carbonyl (C=O) groups is 1. The lowest BCUT2D eigenvalue weighted by Gasteiger charge is -2.26. The van der Waals surface area contributed by atoms with Crippen LogP contribution in [0.15, 0.2) is 53.9 Å². The number of rotatable bonds is 6. The quantitative estimate of drug-likeness (QED) is 0.664. The number of aromatic nitrogens is 1. The Morgan fingerprint density at radius 3 is 2.96 bits per heavy atom. The largest absolute Gasteiger partial charge is 0.485 e. The maximum absolute atomic E-state index is 11.9. The zero-order valence-electron chi connectivity index (χ0n) is 15.1. The smallest absolute Gasteiger partial charge is 0.279 e. The van der Waals surface area contributed by atoms with E-state index in [9.17, 15) is 4.79 Å². The van der Waals surface area contributed by atoms with E-state index in [2.05, 4.69) is 22.4 Å². The van der Waals surface area contributed by atoms with E-state index in [4.69, 9.17) is 14.6 Å². The molecule has 1 aromatic heterocycles. The number of hydrogen-bond donors (Lipinski definition) is 2. The van der Waals surface area contributed by atoms with Crippen LogP contribution < -0.4 is 14.8 Å². The van der Waals surface area contributed by atoms with Gasteiger partial charge in [-0.05, 0) is 42.2 Å². The molecule has 2 aromatic carbocycles. The Kier molecular flexibility index (Phi) is 5.55. The summed E-state index contributed by atoms with van der Waals surface area (Å²) in [5, 5.41) is 13.4. The molecule has 0 unspecified atom stereocenters. The molecule has 1 aliphatic rings. The minimum absolute atomic E-state index is 0.0689. The topological polar surface area (TPSA) is 80.7 Å². The van der Waals surface area contributed by atoms with Crippen molar-refractivity contribution in [2.75, 3.05) is 13.2 Å². The van der Waals surface area contributed by atoms with Gasteiger partial charge in [0.05, 0.1) is 6.61 Å². The van der Waals surface area contributed by atoms with Crippen LogP contribution in [0.4, 0.5) is 0 Å². The lowest BCUT2D eigenvalue weighted by molar-refractivity contribution is 0.0940. The second kappa shape index (κ2) is 8.41. The summed E-state index contributed by atoms with van der Waals surface area (Å²) in [7, 11) is 0. The van der Waals surface area contributed by atoms with E-state index in [1.807, 2.05) is 36.4 Å². The minimum atomic E-state index is -0.328. The number of nitrogens with zero attached hydrogens (tertiary/aromatic N) is 1. The Labute approximate surface area is 166 Å². The van der Waals surface area contributed by atoms with Crippen molar-refractivity contribution >= 4 is 17.2 Å². The summed E-state index contributed by atoms with van der Waals surface area (Å²) in [6.45, 7) is 0.0862. The number of thiazole rings is 1. The lowest BCUT2D eigenvalue weighted by atomic mass is 9.97. The van der Waals surface area contributed by atoms with E-state index in [1.165, 1.54) is 16.9 Å². The average molecular weight is 396 g/mol. The number of carbonyl (C=O) groups excluding carboxylic acids is 1. The zero-order chi connectivity index (χ0) is 19.3. The molecule has 0 radical (unpaired) electrons. The van der Waals surface area contributed by atoms with Gasteiger partial charge in [-0.1, -0.05) is 41.7 Å². The Morgan fingerprint density at radius 2 is 2.14 bits per heavy atom. The Bertz CT molecular complexity index is 958. The van der Waals surface area contributed by atoms with Crippen LogP contribution >= 0.6 is 11.3 Å². The summed E-state index contributed by atoms with van der Waals surface area (Å²) < 4.78 is 12.0. The maximum atomic E-state index is 11.9. The SMILES string of the molecule is O=C(NCCO)c1csc(Oc2ccc3c(c2)CC[C@@H](c2ccccc2)O3)n1. The van der Waals surface area contributed by atoms with Crippen molar-refractivity contribution in [1.82, 2.24) is 10.3 Å². The summed E-state index contributed by atoms with van der Waals surface area (Å²) in [6.07, 6.45) is 1.88. The highest BCUT2D eigenvalue weighted by molar-refractivity contribution is 7.11. The molecule has 2 heterocycles. The van der Waals surface area contributed by atoms with Crippen molar-refractivity contribution < 1.29 is 19.4 Å². The van der Waals surface area contributed by atoms with Crippen LogP contribution in [0.25, 0.3) is 0 Å². The zero-order valence-corrected chi connectivity index (χ0v) is 15.9. The van der Waals surface area contributed by atoms with Crippen LogP contribution in [0.1, 0.15) is 34.1 Å². The molecule has 3 aromatic rings. The number of aliphatic hydroxyl groups excluding tert-OH is 1. The fourth-order valence-electron chi connectivity index (χ4n) is 3.10. The standard InChI is InChI=1S/C21H20N2O4S/c24-11-10-22-20(25)17-13-28-21(23-17)26-16-7-9-19-15(12-16)6-8-18(27-19)14-4-2-1-3-5-14/h1-5,7,9,12-13,18,24H,6,8,10-11H2,(H,22,25)/t18-/m0/s1. The van der Waals surface area contributed by atoms with Gasteiger partial charge < -0.3 is 19.9 Å². The second-order valence-electron chi connectivity index (χ2n) is 6.41. The van der Waals surface area contributed by atoms with Gasteiger partial charge in [0.1, 0.15) is 23.3 Å². The molecule has 0 spiro atoms. The summed E-state index contributed by atoms with van der Waals surface area (Å²) in [5.41, 5.74) is 2.56. The molecule has 6 nitrogen and oxygen atoms in total. The summed E-state index contributed by atoms with van der Waals surface area (Å²) in [6, 6.07) is 16.0. The molecule has 0 saturated heterocycles. The normalized spacial score (nSPS) is 15.4. The van der Waals surface area contributed by atoms with Gasteiger partial charge in [-0.25, -0.2) is 0 Å². The Morgan fingerprint density at radius 1 is 1.29 bits per heavy atom. The van der Waals surface area contributed by atoms with E-state index >= 15 is 0 Å². The van der Waals surface area contributed by atoms with Crippen LogP contribution in [0.3, 0.4) is 0 Å². The highest BCUT2D eigenvalue weighted by Gasteiger charge is 2.22. The van der Waals surface area contributed by atoms with Crippen molar-refractivity contribution in [2.45, 2.75) is 18.9 Å². The number of amides is 1. The van der Waals surface area contributed by atoms with Crippen LogP contribution in [0.5, 0.6) is 16.7 Å². The van der Waals surface area contributed by atoms with Crippen molar-refractivity contribution in [3.63, 3.8) is 0 Å². The number of aryl methyl sites for hydroxylation is 1. The summed E-state index contributed by atoms with van der Waals surface area (Å²) >= 11 is 1.25. The molecule has 4 rings (SSSR count). The minimum Gasteiger partial charge on any atom is -0.485 e. The highest BCUT2D eigenvalue weighted by Crippen LogP contribution is 2.37. The molecule has 0 fully saturated rings. The van der Waals surface area contributed by atoms with Crippen LogP contribution in [0, 0.1) is 0 Å². The van der Waals surface area contributed by atoms with Crippen molar-refractivity contribution in [2.24, 2.45) is 0 Å². The van der Waals surface area contributed by atoms with Gasteiger partial charge in [-0.3, -0.25) is 4.79 Å². The van der Waals surface area contributed by atoms with E-state index in [0.29, 0.717) is 10.9 Å². The molecule has 0 saturated carbocycles. The van der Waals surface area contributed by atoms with Gasteiger partial charge in [-0.2, -0.15) is 4.98 Å². The molecule has 1 amide bonds. The monoisotopic (exact) mass is 396 g/mol. The molecule has 144 valence electrons. The van der Waals surface area contributed by atoms with Crippen molar-refractivity contribution in [1.29, 1.82) is 0 Å². The first-order valence-corrected chi connectivity index (χ1v) is 9.98. The number of ether oxygens (including phenoxy) is 2. The van der Waals surface area contributed by atoms with E-state index in [-0.39, 0.29) is 30.9 Å². The predicted octanol–water partition coefficient (Wildman–Crippen LogP) is 3.72. The van der Waals surface area contributed by atoms with E-state index < -0.39 is 0 Å². The third-order valence-corrected chi connectivity index (χ3v) is 5.18. The van der Waals surface area contributed by atoms with E-state index in [1.54, 1.807) is 5.38 Å². The van der Waals surface area contributed by atoms with Crippen LogP contribution in [-0.4, -0.2) is 29.1 Å². The first-order valence-electron chi connectivity index (χ1n) is 9.10. The fourth-order valence-corrected chi connectivity index (χ4v) is 3.77. The third-order valence-electron chi connectivity index (χ3n) is 4.47. The fraction of sp³-hybridized carbons (Fsp3) is 0.238. The number of aliphatic hydroxyl groups is 1. The van der Waals surface area contributed by atoms with Gasteiger partial charge in [0, 0.05) is 11.9 Å². The first-order chi connectivity index (χ1) is 13.7. The molecule has 1 aliphatic heterocycles. The average Bonchev–Trinajstić information content (AvgIpc) is 3.21. The maximum Gasteiger partial charge on any atom is 0.279 e. The number of hydrogen-bond acceptors (Lipinski definition) is 6. The molecular formula is C21H20N2O4S. The predicted molar refractivity (Wildman–Crippen MR) is 106 cm³/mol. The molecule has 28 heavy (non-hydrogen) atoms. The molecule has 0 bridgehead atoms.